The van der Waals surface area contributed by atoms with Gasteiger partial charge in [-0.3, -0.25) is 4.90 Å². The van der Waals surface area contributed by atoms with Crippen molar-refractivity contribution in [3.8, 4) is 0 Å². The second-order valence-electron chi connectivity index (χ2n) is 5.40. The predicted octanol–water partition coefficient (Wildman–Crippen LogP) is 1.32. The molecule has 76 valence electrons. The molecule has 2 heterocycles. The number of rotatable bonds is 0. The fourth-order valence-electron chi connectivity index (χ4n) is 3.30. The Labute approximate surface area is 82.1 Å². The van der Waals surface area contributed by atoms with Gasteiger partial charge in [-0.25, -0.2) is 0 Å². The number of hydrogen-bond donors (Lipinski definition) is 0. The summed E-state index contributed by atoms with van der Waals surface area (Å²) < 4.78 is 1.26. The van der Waals surface area contributed by atoms with E-state index in [2.05, 4.69) is 26.0 Å². The molecule has 13 heavy (non-hydrogen) atoms. The first-order valence-electron chi connectivity index (χ1n) is 5.64. The SMILES string of the molecule is CN1CCCC2C1CCC[N+]2(C)C. The van der Waals surface area contributed by atoms with Crippen LogP contribution in [0.2, 0.25) is 0 Å². The maximum Gasteiger partial charge on any atom is 0.104 e. The summed E-state index contributed by atoms with van der Waals surface area (Å²) in [6.45, 7) is 2.70. The van der Waals surface area contributed by atoms with Gasteiger partial charge >= 0.3 is 0 Å². The van der Waals surface area contributed by atoms with E-state index >= 15 is 0 Å². The summed E-state index contributed by atoms with van der Waals surface area (Å²) in [5, 5.41) is 0. The van der Waals surface area contributed by atoms with Gasteiger partial charge in [-0.15, -0.1) is 0 Å². The molecule has 0 aliphatic carbocycles. The molecule has 2 unspecified atom stereocenters. The van der Waals surface area contributed by atoms with Crippen molar-refractivity contribution in [1.82, 2.24) is 4.90 Å². The molecule has 0 spiro atoms. The molecule has 2 atom stereocenters. The molecule has 2 nitrogen and oxygen atoms in total. The second kappa shape index (κ2) is 3.25. The van der Waals surface area contributed by atoms with E-state index in [4.69, 9.17) is 0 Å². The standard InChI is InChI=1S/C11H23N2/c1-12-8-4-7-11-10(12)6-5-9-13(11,2)3/h10-11H,4-9H2,1-3H3/q+1. The molecule has 2 aliphatic heterocycles. The average molecular weight is 183 g/mol. The maximum absolute atomic E-state index is 2.59. The van der Waals surface area contributed by atoms with E-state index in [9.17, 15) is 0 Å². The van der Waals surface area contributed by atoms with Crippen LogP contribution in [-0.2, 0) is 0 Å². The van der Waals surface area contributed by atoms with Crippen molar-refractivity contribution in [3.63, 3.8) is 0 Å². The van der Waals surface area contributed by atoms with E-state index in [1.165, 1.54) is 43.3 Å². The van der Waals surface area contributed by atoms with Crippen molar-refractivity contribution in [3.05, 3.63) is 0 Å². The van der Waals surface area contributed by atoms with Gasteiger partial charge < -0.3 is 4.48 Å². The van der Waals surface area contributed by atoms with Gasteiger partial charge in [-0.1, -0.05) is 0 Å². The Bertz CT molecular complexity index is 189. The van der Waals surface area contributed by atoms with Crippen LogP contribution in [-0.4, -0.2) is 55.7 Å². The lowest BCUT2D eigenvalue weighted by Gasteiger charge is -2.51. The molecule has 0 N–H and O–H groups in total. The Balaban J connectivity index is 2.14. The zero-order valence-corrected chi connectivity index (χ0v) is 9.29. The van der Waals surface area contributed by atoms with Crippen LogP contribution in [0.1, 0.15) is 25.7 Å². The monoisotopic (exact) mass is 183 g/mol. The Morgan fingerprint density at radius 1 is 1.15 bits per heavy atom. The summed E-state index contributed by atoms with van der Waals surface area (Å²) in [5.74, 6) is 0. The van der Waals surface area contributed by atoms with E-state index in [0.717, 1.165) is 12.1 Å². The van der Waals surface area contributed by atoms with Gasteiger partial charge in [0.1, 0.15) is 6.04 Å². The zero-order valence-electron chi connectivity index (χ0n) is 9.29. The second-order valence-corrected chi connectivity index (χ2v) is 5.40. The molecule has 2 aliphatic rings. The maximum atomic E-state index is 2.59. The van der Waals surface area contributed by atoms with Crippen molar-refractivity contribution in [2.75, 3.05) is 34.2 Å². The van der Waals surface area contributed by atoms with Gasteiger partial charge in [0.25, 0.3) is 0 Å². The first-order chi connectivity index (χ1) is 6.11. The fraction of sp³-hybridized carbons (Fsp3) is 1.00. The highest BCUT2D eigenvalue weighted by Gasteiger charge is 2.42. The Morgan fingerprint density at radius 3 is 2.62 bits per heavy atom. The molecule has 0 aromatic heterocycles. The molecule has 2 saturated heterocycles. The lowest BCUT2D eigenvalue weighted by molar-refractivity contribution is -0.923. The van der Waals surface area contributed by atoms with Crippen LogP contribution in [0.3, 0.4) is 0 Å². The molecule has 0 bridgehead atoms. The Hall–Kier alpha value is -0.0800. The summed E-state index contributed by atoms with van der Waals surface area (Å²) in [5.41, 5.74) is 0. The minimum Gasteiger partial charge on any atom is -0.325 e. The largest absolute Gasteiger partial charge is 0.325 e. The summed E-state index contributed by atoms with van der Waals surface area (Å²) >= 11 is 0. The van der Waals surface area contributed by atoms with E-state index < -0.39 is 0 Å². The van der Waals surface area contributed by atoms with Crippen LogP contribution in [0.4, 0.5) is 0 Å². The van der Waals surface area contributed by atoms with Crippen molar-refractivity contribution in [2.24, 2.45) is 0 Å². The van der Waals surface area contributed by atoms with E-state index in [1.807, 2.05) is 0 Å². The Kier molecular flexibility index (Phi) is 2.37. The minimum atomic E-state index is 0.873. The highest BCUT2D eigenvalue weighted by molar-refractivity contribution is 4.86. The zero-order chi connectivity index (χ0) is 9.47. The Morgan fingerprint density at radius 2 is 1.92 bits per heavy atom. The molecule has 2 heteroatoms. The van der Waals surface area contributed by atoms with Crippen LogP contribution < -0.4 is 0 Å². The number of fused-ring (bicyclic) bond motifs is 1. The lowest BCUT2D eigenvalue weighted by atomic mass is 9.87. The quantitative estimate of drug-likeness (QED) is 0.512. The lowest BCUT2D eigenvalue weighted by Crippen LogP contribution is -2.63. The molecule has 0 amide bonds. The van der Waals surface area contributed by atoms with Crippen LogP contribution in [0.25, 0.3) is 0 Å². The van der Waals surface area contributed by atoms with Crippen molar-refractivity contribution in [1.29, 1.82) is 0 Å². The molecular weight excluding hydrogens is 160 g/mol. The average Bonchev–Trinajstić information content (AvgIpc) is 2.06. The predicted molar refractivity (Wildman–Crippen MR) is 55.6 cm³/mol. The number of hydrogen-bond acceptors (Lipinski definition) is 1. The third-order valence-electron chi connectivity index (χ3n) is 4.15. The molecule has 2 rings (SSSR count). The minimum absolute atomic E-state index is 0.873. The van der Waals surface area contributed by atoms with E-state index in [1.54, 1.807) is 0 Å². The van der Waals surface area contributed by atoms with Crippen LogP contribution in [0.15, 0.2) is 0 Å². The van der Waals surface area contributed by atoms with Gasteiger partial charge in [0, 0.05) is 6.42 Å². The van der Waals surface area contributed by atoms with Gasteiger partial charge in [-0.2, -0.15) is 0 Å². The molecule has 2 fully saturated rings. The summed E-state index contributed by atoms with van der Waals surface area (Å²) in [4.78, 5) is 2.59. The van der Waals surface area contributed by atoms with Gasteiger partial charge in [-0.05, 0) is 32.9 Å². The highest BCUT2D eigenvalue weighted by Crippen LogP contribution is 2.31. The van der Waals surface area contributed by atoms with Gasteiger partial charge in [0.05, 0.1) is 26.7 Å². The summed E-state index contributed by atoms with van der Waals surface area (Å²) in [6.07, 6.45) is 5.70. The van der Waals surface area contributed by atoms with Gasteiger partial charge in [0.2, 0.25) is 0 Å². The first kappa shape index (κ1) is 9.47. The van der Waals surface area contributed by atoms with Crippen LogP contribution in [0, 0.1) is 0 Å². The van der Waals surface area contributed by atoms with Crippen molar-refractivity contribution < 1.29 is 4.48 Å². The smallest absolute Gasteiger partial charge is 0.104 e. The van der Waals surface area contributed by atoms with Crippen LogP contribution in [0.5, 0.6) is 0 Å². The molecule has 0 aromatic rings. The summed E-state index contributed by atoms with van der Waals surface area (Å²) in [7, 11) is 7.13. The molecule has 0 radical (unpaired) electrons. The number of quaternary nitrogens is 1. The number of piperidine rings is 2. The molecule has 0 aromatic carbocycles. The van der Waals surface area contributed by atoms with Crippen LogP contribution >= 0.6 is 0 Å². The third kappa shape index (κ3) is 1.62. The fourth-order valence-corrected chi connectivity index (χ4v) is 3.30. The van der Waals surface area contributed by atoms with E-state index in [-0.39, 0.29) is 0 Å². The van der Waals surface area contributed by atoms with Crippen molar-refractivity contribution in [2.45, 2.75) is 37.8 Å². The highest BCUT2D eigenvalue weighted by atomic mass is 15.4. The van der Waals surface area contributed by atoms with Gasteiger partial charge in [0.15, 0.2) is 0 Å². The molecular formula is C11H23N2+. The van der Waals surface area contributed by atoms with E-state index in [0.29, 0.717) is 0 Å². The number of likely N-dealkylation sites (N-methyl/N-ethyl adjacent to an activating group) is 2. The normalized spacial score (nSPS) is 39.9. The summed E-state index contributed by atoms with van der Waals surface area (Å²) in [6, 6.07) is 1.78. The number of likely N-dealkylation sites (tertiary alicyclic amines) is 2. The first-order valence-corrected chi connectivity index (χ1v) is 5.64. The number of nitrogens with zero attached hydrogens (tertiary/aromatic N) is 2. The topological polar surface area (TPSA) is 3.24 Å². The molecule has 0 saturated carbocycles. The van der Waals surface area contributed by atoms with Crippen molar-refractivity contribution >= 4 is 0 Å². The third-order valence-corrected chi connectivity index (χ3v) is 4.15.